The molecule has 0 unspecified atom stereocenters. The summed E-state index contributed by atoms with van der Waals surface area (Å²) < 4.78 is 41.2. The number of carbonyl (C=O) groups is 2. The number of nitrogens with one attached hydrogen (secondary N) is 2. The highest BCUT2D eigenvalue weighted by atomic mass is 79.9. The van der Waals surface area contributed by atoms with E-state index in [1.54, 1.807) is 31.2 Å². The highest BCUT2D eigenvalue weighted by molar-refractivity contribution is 9.10. The smallest absolute Gasteiger partial charge is 0.347 e. The van der Waals surface area contributed by atoms with Gasteiger partial charge in [0.05, 0.1) is 21.4 Å². The molecule has 2 amide bonds. The van der Waals surface area contributed by atoms with Gasteiger partial charge in [-0.3, -0.25) is 9.59 Å². The van der Waals surface area contributed by atoms with Crippen LogP contribution in [0.15, 0.2) is 45.5 Å². The minimum Gasteiger partial charge on any atom is -0.347 e. The molecule has 0 saturated carbocycles. The molecular weight excluding hydrogens is 663 g/mol. The second-order valence-electron chi connectivity index (χ2n) is 9.69. The van der Waals surface area contributed by atoms with Crippen LogP contribution in [0.2, 0.25) is 0 Å². The molecule has 40 heavy (non-hydrogen) atoms. The number of carbonyl (C=O) groups excluding carboxylic acids is 2. The van der Waals surface area contributed by atoms with Gasteiger partial charge >= 0.3 is 6.18 Å². The predicted octanol–water partition coefficient (Wildman–Crippen LogP) is 4.93. The first kappa shape index (κ1) is 29.3. The number of tetrazole rings is 1. The number of halogens is 5. The zero-order valence-corrected chi connectivity index (χ0v) is 24.7. The molecule has 0 spiro atoms. The summed E-state index contributed by atoms with van der Waals surface area (Å²) in [5.74, 6) is -2.19. The van der Waals surface area contributed by atoms with E-state index in [0.29, 0.717) is 14.5 Å². The predicted molar refractivity (Wildman–Crippen MR) is 145 cm³/mol. The lowest BCUT2D eigenvalue weighted by molar-refractivity contribution is -0.145. The van der Waals surface area contributed by atoms with E-state index in [0.717, 1.165) is 4.80 Å². The minimum absolute atomic E-state index is 0.00458. The Bertz CT molecular complexity index is 1590. The summed E-state index contributed by atoms with van der Waals surface area (Å²) in [6.45, 7) is 6.93. The van der Waals surface area contributed by atoms with Gasteiger partial charge in [0.1, 0.15) is 12.2 Å². The van der Waals surface area contributed by atoms with E-state index in [1.165, 1.54) is 16.9 Å². The third-order valence-corrected chi connectivity index (χ3v) is 6.29. The van der Waals surface area contributed by atoms with Gasteiger partial charge in [-0.05, 0) is 84.7 Å². The van der Waals surface area contributed by atoms with Crippen LogP contribution in [-0.4, -0.2) is 52.3 Å². The van der Waals surface area contributed by atoms with Crippen molar-refractivity contribution in [2.75, 3.05) is 5.32 Å². The SMILES string of the molecule is Cc1cc(Br)cc(C(=O)NC(C)(C)C)c1NC(=O)c1cc(Cn2nnc(C(F)(F)F)n2)nn1-c1ncccc1Br. The van der Waals surface area contributed by atoms with Gasteiger partial charge in [0.15, 0.2) is 5.82 Å². The number of rotatable bonds is 6. The molecule has 0 bridgehead atoms. The lowest BCUT2D eigenvalue weighted by Gasteiger charge is -2.22. The summed E-state index contributed by atoms with van der Waals surface area (Å²) in [5.41, 5.74) is 0.735. The van der Waals surface area contributed by atoms with E-state index in [-0.39, 0.29) is 35.0 Å². The average Bonchev–Trinajstić information content (AvgIpc) is 3.47. The van der Waals surface area contributed by atoms with E-state index in [2.05, 4.69) is 68.0 Å². The highest BCUT2D eigenvalue weighted by Crippen LogP contribution is 2.28. The Labute approximate surface area is 242 Å². The number of nitrogens with zero attached hydrogens (tertiary/aromatic N) is 7. The van der Waals surface area contributed by atoms with Crippen LogP contribution in [0.4, 0.5) is 18.9 Å². The lowest BCUT2D eigenvalue weighted by atomic mass is 10.0. The molecule has 1 aromatic carbocycles. The number of pyridine rings is 1. The molecule has 3 heterocycles. The Kier molecular flexibility index (Phi) is 8.12. The number of aromatic nitrogens is 7. The summed E-state index contributed by atoms with van der Waals surface area (Å²) in [7, 11) is 0. The van der Waals surface area contributed by atoms with Crippen molar-refractivity contribution in [3.63, 3.8) is 0 Å². The summed E-state index contributed by atoms with van der Waals surface area (Å²) in [5, 5.41) is 19.9. The van der Waals surface area contributed by atoms with Crippen LogP contribution in [0.5, 0.6) is 0 Å². The lowest BCUT2D eigenvalue weighted by Crippen LogP contribution is -2.41. The first-order chi connectivity index (χ1) is 18.6. The third kappa shape index (κ3) is 6.72. The van der Waals surface area contributed by atoms with Gasteiger partial charge < -0.3 is 10.6 Å². The highest BCUT2D eigenvalue weighted by Gasteiger charge is 2.37. The molecule has 3 aromatic heterocycles. The van der Waals surface area contributed by atoms with Gasteiger partial charge in [0.2, 0.25) is 0 Å². The van der Waals surface area contributed by atoms with Crippen LogP contribution in [0.1, 0.15) is 58.7 Å². The van der Waals surface area contributed by atoms with Crippen molar-refractivity contribution in [2.45, 2.75) is 46.0 Å². The zero-order valence-electron chi connectivity index (χ0n) is 21.5. The molecule has 16 heteroatoms. The van der Waals surface area contributed by atoms with E-state index >= 15 is 0 Å². The molecule has 4 aromatic rings. The molecule has 210 valence electrons. The monoisotopic (exact) mass is 683 g/mol. The zero-order chi connectivity index (χ0) is 29.4. The molecule has 0 atom stereocenters. The van der Waals surface area contributed by atoms with Gasteiger partial charge in [-0.15, -0.1) is 10.2 Å². The summed E-state index contributed by atoms with van der Waals surface area (Å²) in [6, 6.07) is 8.07. The Morgan fingerprint density at radius 1 is 1.05 bits per heavy atom. The standard InChI is InChI=1S/C24H22Br2F3N9O2/c1-12-8-13(25)9-15(20(39)32-23(2,3)4)18(12)31-21(40)17-10-14(11-37-35-22(33-36-37)24(27,28)29)34-38(17)19-16(26)6-5-7-30-19/h5-10H,11H2,1-4H3,(H,31,40)(H,32,39). The normalized spacial score (nSPS) is 11.9. The first-order valence-corrected chi connectivity index (χ1v) is 13.2. The van der Waals surface area contributed by atoms with Gasteiger partial charge in [-0.1, -0.05) is 15.9 Å². The van der Waals surface area contributed by atoms with Crippen molar-refractivity contribution in [3.8, 4) is 5.82 Å². The maximum Gasteiger partial charge on any atom is 0.455 e. The topological polar surface area (TPSA) is 133 Å². The number of hydrogen-bond donors (Lipinski definition) is 2. The number of benzene rings is 1. The average molecular weight is 685 g/mol. The van der Waals surface area contributed by atoms with Crippen molar-refractivity contribution >= 4 is 49.4 Å². The molecule has 0 aliphatic carbocycles. The number of anilines is 1. The molecule has 0 radical (unpaired) electrons. The molecule has 0 saturated heterocycles. The van der Waals surface area contributed by atoms with Crippen molar-refractivity contribution in [3.05, 3.63) is 73.8 Å². The van der Waals surface area contributed by atoms with Crippen LogP contribution in [-0.2, 0) is 12.7 Å². The Morgan fingerprint density at radius 2 is 1.77 bits per heavy atom. The van der Waals surface area contributed by atoms with Crippen LogP contribution < -0.4 is 10.6 Å². The Balaban J connectivity index is 1.74. The van der Waals surface area contributed by atoms with Crippen LogP contribution >= 0.6 is 31.9 Å². The number of aryl methyl sites for hydroxylation is 1. The van der Waals surface area contributed by atoms with E-state index in [9.17, 15) is 22.8 Å². The second kappa shape index (κ2) is 11.1. The molecular formula is C24H22Br2F3N9O2. The fraction of sp³-hybridized carbons (Fsp3) is 0.292. The Hall–Kier alpha value is -3.66. The maximum atomic E-state index is 13.7. The number of hydrogen-bond acceptors (Lipinski definition) is 7. The maximum absolute atomic E-state index is 13.7. The molecule has 0 aliphatic heterocycles. The van der Waals surface area contributed by atoms with Gasteiger partial charge in [-0.2, -0.15) is 23.1 Å². The number of alkyl halides is 3. The molecule has 11 nitrogen and oxygen atoms in total. The van der Waals surface area contributed by atoms with Crippen molar-refractivity contribution in [1.29, 1.82) is 0 Å². The fourth-order valence-electron chi connectivity index (χ4n) is 3.61. The Morgan fingerprint density at radius 3 is 2.40 bits per heavy atom. The first-order valence-electron chi connectivity index (χ1n) is 11.6. The number of amides is 2. The van der Waals surface area contributed by atoms with Crippen LogP contribution in [0.3, 0.4) is 0 Å². The quantitative estimate of drug-likeness (QED) is 0.294. The minimum atomic E-state index is -4.76. The second-order valence-corrected chi connectivity index (χ2v) is 11.5. The summed E-state index contributed by atoms with van der Waals surface area (Å²) in [4.78, 5) is 31.8. The largest absolute Gasteiger partial charge is 0.455 e. The van der Waals surface area contributed by atoms with Gasteiger partial charge in [0, 0.05) is 16.2 Å². The van der Waals surface area contributed by atoms with E-state index in [4.69, 9.17) is 0 Å². The molecule has 2 N–H and O–H groups in total. The summed E-state index contributed by atoms with van der Waals surface area (Å²) in [6.07, 6.45) is -3.27. The van der Waals surface area contributed by atoms with E-state index < -0.39 is 29.4 Å². The van der Waals surface area contributed by atoms with Crippen molar-refractivity contribution in [2.24, 2.45) is 0 Å². The van der Waals surface area contributed by atoms with Gasteiger partial charge in [0.25, 0.3) is 17.6 Å². The van der Waals surface area contributed by atoms with Gasteiger partial charge in [-0.25, -0.2) is 9.67 Å². The van der Waals surface area contributed by atoms with Crippen LogP contribution in [0, 0.1) is 6.92 Å². The summed E-state index contributed by atoms with van der Waals surface area (Å²) >= 11 is 6.78. The van der Waals surface area contributed by atoms with Crippen LogP contribution in [0.25, 0.3) is 5.82 Å². The molecule has 0 fully saturated rings. The fourth-order valence-corrected chi connectivity index (χ4v) is 4.60. The van der Waals surface area contributed by atoms with Crippen molar-refractivity contribution in [1.82, 2.24) is 40.3 Å². The third-order valence-electron chi connectivity index (χ3n) is 5.21. The molecule has 0 aliphatic rings. The van der Waals surface area contributed by atoms with Crippen molar-refractivity contribution < 1.29 is 22.8 Å². The molecule has 4 rings (SSSR count). The van der Waals surface area contributed by atoms with E-state index in [1.807, 2.05) is 20.8 Å².